The molecule has 1 aliphatic rings. The minimum atomic E-state index is -0.314. The quantitative estimate of drug-likeness (QED) is 0.628. The number of carbonyl (C=O) groups is 2. The van der Waals surface area contributed by atoms with Crippen LogP contribution in [-0.4, -0.2) is 51.4 Å². The predicted molar refractivity (Wildman–Crippen MR) is 97.6 cm³/mol. The van der Waals surface area contributed by atoms with Crippen molar-refractivity contribution in [2.75, 3.05) is 24.2 Å². The summed E-state index contributed by atoms with van der Waals surface area (Å²) < 4.78 is 0.684. The SMILES string of the molecule is CC(C)(C)NC(=O)Nc1nnc(SCC(=O)N2CCCCCC2)s1. The van der Waals surface area contributed by atoms with E-state index in [0.29, 0.717) is 15.2 Å². The third-order valence-electron chi connectivity index (χ3n) is 3.39. The average molecular weight is 372 g/mol. The smallest absolute Gasteiger partial charge is 0.321 e. The van der Waals surface area contributed by atoms with Gasteiger partial charge in [-0.25, -0.2) is 4.79 Å². The zero-order valence-corrected chi connectivity index (χ0v) is 16.1. The van der Waals surface area contributed by atoms with E-state index in [0.717, 1.165) is 25.9 Å². The molecular weight excluding hydrogens is 346 g/mol. The first kappa shape index (κ1) is 19.0. The molecular formula is C15H25N5O2S2. The lowest BCUT2D eigenvalue weighted by atomic mass is 10.1. The minimum Gasteiger partial charge on any atom is -0.342 e. The minimum absolute atomic E-state index is 0.150. The number of amides is 3. The highest BCUT2D eigenvalue weighted by molar-refractivity contribution is 8.01. The molecule has 1 aliphatic heterocycles. The zero-order chi connectivity index (χ0) is 17.6. The molecule has 1 aromatic heterocycles. The van der Waals surface area contributed by atoms with Crippen molar-refractivity contribution in [2.24, 2.45) is 0 Å². The summed E-state index contributed by atoms with van der Waals surface area (Å²) in [6.45, 7) is 7.43. The molecule has 0 aromatic carbocycles. The van der Waals surface area contributed by atoms with Crippen molar-refractivity contribution in [2.45, 2.75) is 56.3 Å². The second-order valence-corrected chi connectivity index (χ2v) is 8.99. The van der Waals surface area contributed by atoms with E-state index < -0.39 is 0 Å². The van der Waals surface area contributed by atoms with Crippen molar-refractivity contribution >= 4 is 40.2 Å². The fraction of sp³-hybridized carbons (Fsp3) is 0.733. The molecule has 2 rings (SSSR count). The van der Waals surface area contributed by atoms with Gasteiger partial charge in [0.05, 0.1) is 5.75 Å². The summed E-state index contributed by atoms with van der Waals surface area (Å²) in [6, 6.07) is -0.309. The van der Waals surface area contributed by atoms with Crippen LogP contribution in [0.4, 0.5) is 9.93 Å². The predicted octanol–water partition coefficient (Wildman–Crippen LogP) is 2.95. The Kier molecular flexibility index (Phi) is 6.85. The van der Waals surface area contributed by atoms with Crippen LogP contribution in [-0.2, 0) is 4.79 Å². The van der Waals surface area contributed by atoms with Crippen LogP contribution >= 0.6 is 23.1 Å². The van der Waals surface area contributed by atoms with Crippen molar-refractivity contribution in [1.82, 2.24) is 20.4 Å². The Labute approximate surface area is 151 Å². The van der Waals surface area contributed by atoms with Crippen LogP contribution in [0.1, 0.15) is 46.5 Å². The second kappa shape index (κ2) is 8.66. The number of hydrogen-bond acceptors (Lipinski definition) is 6. The van der Waals surface area contributed by atoms with Gasteiger partial charge in [-0.15, -0.1) is 10.2 Å². The standard InChI is InChI=1S/C15H25N5O2S2/c1-15(2,3)17-12(22)16-13-18-19-14(24-13)23-10-11(21)20-8-6-4-5-7-9-20/h4-10H2,1-3H3,(H2,16,17,18,22). The normalized spacial score (nSPS) is 15.7. The molecule has 9 heteroatoms. The van der Waals surface area contributed by atoms with Crippen LogP contribution in [0.2, 0.25) is 0 Å². The molecule has 0 radical (unpaired) electrons. The third kappa shape index (κ3) is 6.64. The van der Waals surface area contributed by atoms with Crippen LogP contribution in [0.3, 0.4) is 0 Å². The summed E-state index contributed by atoms with van der Waals surface area (Å²) in [4.78, 5) is 26.0. The van der Waals surface area contributed by atoms with E-state index in [1.165, 1.54) is 35.9 Å². The van der Waals surface area contributed by atoms with E-state index in [1.54, 1.807) is 0 Å². The Morgan fingerprint density at radius 1 is 1.17 bits per heavy atom. The maximum atomic E-state index is 12.2. The molecule has 2 N–H and O–H groups in total. The Hall–Kier alpha value is -1.35. The highest BCUT2D eigenvalue weighted by Gasteiger charge is 2.18. The number of urea groups is 1. The molecule has 0 bridgehead atoms. The Bertz CT molecular complexity index is 562. The van der Waals surface area contributed by atoms with E-state index >= 15 is 0 Å². The maximum absolute atomic E-state index is 12.2. The van der Waals surface area contributed by atoms with Crippen molar-refractivity contribution in [3.63, 3.8) is 0 Å². The Morgan fingerprint density at radius 2 is 1.83 bits per heavy atom. The number of rotatable bonds is 4. The van der Waals surface area contributed by atoms with Gasteiger partial charge in [-0.1, -0.05) is 35.9 Å². The lowest BCUT2D eigenvalue weighted by Crippen LogP contribution is -2.43. The van der Waals surface area contributed by atoms with Crippen LogP contribution in [0.5, 0.6) is 0 Å². The van der Waals surface area contributed by atoms with Crippen molar-refractivity contribution in [3.05, 3.63) is 0 Å². The average Bonchev–Trinajstić information content (AvgIpc) is 2.74. The fourth-order valence-corrected chi connectivity index (χ4v) is 3.97. The topological polar surface area (TPSA) is 87.2 Å². The number of nitrogens with one attached hydrogen (secondary N) is 2. The third-order valence-corrected chi connectivity index (χ3v) is 5.35. The van der Waals surface area contributed by atoms with Gasteiger partial charge in [0.2, 0.25) is 11.0 Å². The molecule has 1 saturated heterocycles. The van der Waals surface area contributed by atoms with Gasteiger partial charge in [-0.3, -0.25) is 10.1 Å². The van der Waals surface area contributed by atoms with Gasteiger partial charge in [0.25, 0.3) is 0 Å². The molecule has 0 atom stereocenters. The molecule has 134 valence electrons. The van der Waals surface area contributed by atoms with Crippen LogP contribution in [0.15, 0.2) is 4.34 Å². The first-order valence-corrected chi connectivity index (χ1v) is 9.97. The first-order chi connectivity index (χ1) is 11.3. The van der Waals surface area contributed by atoms with Gasteiger partial charge in [-0.05, 0) is 33.6 Å². The molecule has 0 saturated carbocycles. The van der Waals surface area contributed by atoms with E-state index in [1.807, 2.05) is 25.7 Å². The summed E-state index contributed by atoms with van der Waals surface area (Å²) in [7, 11) is 0. The lowest BCUT2D eigenvalue weighted by Gasteiger charge is -2.19. The van der Waals surface area contributed by atoms with Crippen molar-refractivity contribution in [1.29, 1.82) is 0 Å². The van der Waals surface area contributed by atoms with E-state index in [2.05, 4.69) is 20.8 Å². The molecule has 7 nitrogen and oxygen atoms in total. The number of nitrogens with zero attached hydrogens (tertiary/aromatic N) is 3. The molecule has 24 heavy (non-hydrogen) atoms. The largest absolute Gasteiger partial charge is 0.342 e. The molecule has 2 heterocycles. The van der Waals surface area contributed by atoms with E-state index in [4.69, 9.17) is 0 Å². The Morgan fingerprint density at radius 3 is 2.46 bits per heavy atom. The molecule has 3 amide bonds. The summed E-state index contributed by atoms with van der Waals surface area (Å²) in [5.41, 5.74) is -0.314. The van der Waals surface area contributed by atoms with Crippen LogP contribution < -0.4 is 10.6 Å². The zero-order valence-electron chi connectivity index (χ0n) is 14.4. The van der Waals surface area contributed by atoms with Crippen LogP contribution in [0, 0.1) is 0 Å². The summed E-state index contributed by atoms with van der Waals surface area (Å²) >= 11 is 2.65. The number of likely N-dealkylation sites (tertiary alicyclic amines) is 1. The van der Waals surface area contributed by atoms with Crippen molar-refractivity contribution < 1.29 is 9.59 Å². The monoisotopic (exact) mass is 371 g/mol. The number of carbonyl (C=O) groups excluding carboxylic acids is 2. The van der Waals surface area contributed by atoms with Crippen LogP contribution in [0.25, 0.3) is 0 Å². The van der Waals surface area contributed by atoms with Gasteiger partial charge in [0.15, 0.2) is 4.34 Å². The molecule has 0 unspecified atom stereocenters. The van der Waals surface area contributed by atoms with E-state index in [9.17, 15) is 9.59 Å². The van der Waals surface area contributed by atoms with Gasteiger partial charge in [0, 0.05) is 18.6 Å². The Balaban J connectivity index is 1.78. The number of anilines is 1. The van der Waals surface area contributed by atoms with Crippen molar-refractivity contribution in [3.8, 4) is 0 Å². The first-order valence-electron chi connectivity index (χ1n) is 8.17. The highest BCUT2D eigenvalue weighted by atomic mass is 32.2. The molecule has 0 aliphatic carbocycles. The molecule has 1 fully saturated rings. The number of hydrogen-bond donors (Lipinski definition) is 2. The number of aromatic nitrogens is 2. The van der Waals surface area contributed by atoms with Gasteiger partial charge >= 0.3 is 6.03 Å². The van der Waals surface area contributed by atoms with Gasteiger partial charge in [-0.2, -0.15) is 0 Å². The highest BCUT2D eigenvalue weighted by Crippen LogP contribution is 2.26. The number of thioether (sulfide) groups is 1. The van der Waals surface area contributed by atoms with Gasteiger partial charge < -0.3 is 10.2 Å². The molecule has 1 aromatic rings. The summed E-state index contributed by atoms with van der Waals surface area (Å²) in [5, 5.41) is 13.9. The summed E-state index contributed by atoms with van der Waals surface area (Å²) in [6.07, 6.45) is 4.59. The maximum Gasteiger partial charge on any atom is 0.321 e. The van der Waals surface area contributed by atoms with E-state index in [-0.39, 0.29) is 17.5 Å². The molecule has 0 spiro atoms. The fourth-order valence-electron chi connectivity index (χ4n) is 2.32. The second-order valence-electron chi connectivity index (χ2n) is 6.79. The lowest BCUT2D eigenvalue weighted by molar-refractivity contribution is -0.128. The summed E-state index contributed by atoms with van der Waals surface area (Å²) in [5.74, 6) is 0.514. The van der Waals surface area contributed by atoms with Gasteiger partial charge in [0.1, 0.15) is 0 Å².